The molecule has 0 spiro atoms. The van der Waals surface area contributed by atoms with Crippen LogP contribution in [-0.4, -0.2) is 36.1 Å². The van der Waals surface area contributed by atoms with Crippen molar-refractivity contribution in [3.05, 3.63) is 58.9 Å². The highest BCUT2D eigenvalue weighted by Crippen LogP contribution is 2.22. The van der Waals surface area contributed by atoms with Crippen molar-refractivity contribution in [1.82, 2.24) is 10.3 Å². The van der Waals surface area contributed by atoms with Gasteiger partial charge in [-0.1, -0.05) is 25.1 Å². The number of pyridine rings is 1. The number of aromatic nitrogens is 1. The number of hydrogen-bond acceptors (Lipinski definition) is 4. The summed E-state index contributed by atoms with van der Waals surface area (Å²) in [6, 6.07) is 9.07. The molecular formula is C21H25N3O3. The second kappa shape index (κ2) is 8.77. The number of carbonyl (C=O) groups is 2. The Balaban J connectivity index is 1.69. The van der Waals surface area contributed by atoms with E-state index in [0.29, 0.717) is 12.1 Å². The van der Waals surface area contributed by atoms with Gasteiger partial charge in [0.15, 0.2) is 0 Å². The number of para-hydroxylation sites is 1. The Labute approximate surface area is 159 Å². The molecule has 27 heavy (non-hydrogen) atoms. The first kappa shape index (κ1) is 19.0. The number of anilines is 1. The van der Waals surface area contributed by atoms with Gasteiger partial charge in [0.05, 0.1) is 6.10 Å². The molecule has 2 aromatic rings. The van der Waals surface area contributed by atoms with Crippen molar-refractivity contribution >= 4 is 17.5 Å². The molecule has 1 unspecified atom stereocenters. The zero-order valence-corrected chi connectivity index (χ0v) is 15.7. The van der Waals surface area contributed by atoms with Crippen LogP contribution in [0.4, 0.5) is 5.69 Å². The number of hydrogen-bond donors (Lipinski definition) is 2. The maximum absolute atomic E-state index is 12.7. The van der Waals surface area contributed by atoms with E-state index >= 15 is 0 Å². The summed E-state index contributed by atoms with van der Waals surface area (Å²) in [5.41, 5.74) is 3.53. The van der Waals surface area contributed by atoms with Gasteiger partial charge in [-0.05, 0) is 49.4 Å². The Kier molecular flexibility index (Phi) is 6.19. The minimum atomic E-state index is -0.301. The number of amides is 2. The predicted octanol–water partition coefficient (Wildman–Crippen LogP) is 3.11. The van der Waals surface area contributed by atoms with Gasteiger partial charge in [-0.3, -0.25) is 14.6 Å². The van der Waals surface area contributed by atoms with E-state index in [-0.39, 0.29) is 23.6 Å². The van der Waals surface area contributed by atoms with E-state index in [2.05, 4.69) is 15.6 Å². The molecule has 1 aliphatic heterocycles. The second-order valence-corrected chi connectivity index (χ2v) is 6.69. The van der Waals surface area contributed by atoms with Gasteiger partial charge in [-0.2, -0.15) is 0 Å². The van der Waals surface area contributed by atoms with Crippen molar-refractivity contribution in [2.75, 3.05) is 18.5 Å². The first-order chi connectivity index (χ1) is 13.1. The Morgan fingerprint density at radius 3 is 2.85 bits per heavy atom. The topological polar surface area (TPSA) is 80.3 Å². The molecule has 1 fully saturated rings. The number of ether oxygens (including phenoxy) is 1. The standard InChI is InChI=1S/C21H25N3O3/c1-3-15-7-4-6-14(2)19(15)24-20(25)16-9-10-22-18(12-16)21(26)23-13-17-8-5-11-27-17/h4,6-7,9-10,12,17H,3,5,8,11,13H2,1-2H3,(H,23,26)(H,24,25). The third-order valence-electron chi connectivity index (χ3n) is 4.75. The molecule has 3 rings (SSSR count). The van der Waals surface area contributed by atoms with E-state index in [1.807, 2.05) is 32.0 Å². The average Bonchev–Trinajstić information content (AvgIpc) is 3.21. The number of aryl methyl sites for hydroxylation is 2. The number of benzene rings is 1. The van der Waals surface area contributed by atoms with Crippen LogP contribution < -0.4 is 10.6 Å². The molecule has 6 heteroatoms. The molecule has 1 saturated heterocycles. The molecule has 2 heterocycles. The van der Waals surface area contributed by atoms with Crippen LogP contribution >= 0.6 is 0 Å². The lowest BCUT2D eigenvalue weighted by Gasteiger charge is -2.13. The lowest BCUT2D eigenvalue weighted by molar-refractivity contribution is 0.0853. The lowest BCUT2D eigenvalue weighted by Crippen LogP contribution is -2.32. The predicted molar refractivity (Wildman–Crippen MR) is 104 cm³/mol. The van der Waals surface area contributed by atoms with Gasteiger partial charge in [-0.25, -0.2) is 0 Å². The van der Waals surface area contributed by atoms with Crippen LogP contribution in [0.15, 0.2) is 36.5 Å². The van der Waals surface area contributed by atoms with E-state index in [0.717, 1.165) is 42.7 Å². The summed E-state index contributed by atoms with van der Waals surface area (Å²) in [6.45, 7) is 5.21. The Morgan fingerprint density at radius 2 is 2.11 bits per heavy atom. The summed E-state index contributed by atoms with van der Waals surface area (Å²) in [6.07, 6.45) is 4.34. The summed E-state index contributed by atoms with van der Waals surface area (Å²) in [7, 11) is 0. The molecule has 0 aliphatic carbocycles. The monoisotopic (exact) mass is 367 g/mol. The number of rotatable bonds is 6. The minimum absolute atomic E-state index is 0.0638. The Morgan fingerprint density at radius 1 is 1.26 bits per heavy atom. The van der Waals surface area contributed by atoms with Gasteiger partial charge in [-0.15, -0.1) is 0 Å². The van der Waals surface area contributed by atoms with Gasteiger partial charge in [0, 0.05) is 30.6 Å². The fourth-order valence-electron chi connectivity index (χ4n) is 3.19. The molecule has 6 nitrogen and oxygen atoms in total. The highest BCUT2D eigenvalue weighted by molar-refractivity contribution is 6.06. The number of nitrogens with one attached hydrogen (secondary N) is 2. The molecule has 1 aliphatic rings. The van der Waals surface area contributed by atoms with Gasteiger partial charge in [0.2, 0.25) is 0 Å². The third-order valence-corrected chi connectivity index (χ3v) is 4.75. The SMILES string of the molecule is CCc1cccc(C)c1NC(=O)c1ccnc(C(=O)NCC2CCCO2)c1. The Hall–Kier alpha value is -2.73. The van der Waals surface area contributed by atoms with E-state index in [1.54, 1.807) is 6.07 Å². The quantitative estimate of drug-likeness (QED) is 0.822. The normalized spacial score (nSPS) is 16.1. The maximum Gasteiger partial charge on any atom is 0.269 e. The summed E-state index contributed by atoms with van der Waals surface area (Å²) in [5.74, 6) is -0.556. The lowest BCUT2D eigenvalue weighted by atomic mass is 10.1. The maximum atomic E-state index is 12.7. The summed E-state index contributed by atoms with van der Waals surface area (Å²) in [4.78, 5) is 29.1. The summed E-state index contributed by atoms with van der Waals surface area (Å²) >= 11 is 0. The van der Waals surface area contributed by atoms with Gasteiger partial charge in [0.1, 0.15) is 5.69 Å². The zero-order chi connectivity index (χ0) is 19.2. The molecule has 0 radical (unpaired) electrons. The number of nitrogens with zero attached hydrogens (tertiary/aromatic N) is 1. The van der Waals surface area contributed by atoms with Crippen LogP contribution in [0.5, 0.6) is 0 Å². The Bertz CT molecular complexity index is 829. The van der Waals surface area contributed by atoms with Crippen molar-refractivity contribution < 1.29 is 14.3 Å². The molecular weight excluding hydrogens is 342 g/mol. The van der Waals surface area contributed by atoms with Crippen molar-refractivity contribution in [2.45, 2.75) is 39.2 Å². The van der Waals surface area contributed by atoms with E-state index in [9.17, 15) is 9.59 Å². The molecule has 2 N–H and O–H groups in total. The van der Waals surface area contributed by atoms with E-state index < -0.39 is 0 Å². The largest absolute Gasteiger partial charge is 0.376 e. The van der Waals surface area contributed by atoms with Crippen LogP contribution in [0.25, 0.3) is 0 Å². The molecule has 1 aromatic carbocycles. The van der Waals surface area contributed by atoms with E-state index in [4.69, 9.17) is 4.74 Å². The highest BCUT2D eigenvalue weighted by Gasteiger charge is 2.18. The van der Waals surface area contributed by atoms with Crippen LogP contribution in [0.1, 0.15) is 51.7 Å². The molecule has 1 atom stereocenters. The average molecular weight is 367 g/mol. The first-order valence-corrected chi connectivity index (χ1v) is 9.34. The molecule has 1 aromatic heterocycles. The van der Waals surface area contributed by atoms with Crippen LogP contribution in [0.3, 0.4) is 0 Å². The summed E-state index contributed by atoms with van der Waals surface area (Å²) < 4.78 is 5.50. The zero-order valence-electron chi connectivity index (χ0n) is 15.7. The molecule has 0 bridgehead atoms. The first-order valence-electron chi connectivity index (χ1n) is 9.34. The highest BCUT2D eigenvalue weighted by atomic mass is 16.5. The van der Waals surface area contributed by atoms with Crippen molar-refractivity contribution in [1.29, 1.82) is 0 Å². The van der Waals surface area contributed by atoms with Crippen LogP contribution in [0.2, 0.25) is 0 Å². The minimum Gasteiger partial charge on any atom is -0.376 e. The van der Waals surface area contributed by atoms with E-state index in [1.165, 1.54) is 12.3 Å². The third kappa shape index (κ3) is 4.71. The van der Waals surface area contributed by atoms with Crippen LogP contribution in [-0.2, 0) is 11.2 Å². The fraction of sp³-hybridized carbons (Fsp3) is 0.381. The second-order valence-electron chi connectivity index (χ2n) is 6.69. The van der Waals surface area contributed by atoms with Gasteiger partial charge in [0.25, 0.3) is 11.8 Å². The van der Waals surface area contributed by atoms with Crippen molar-refractivity contribution in [3.63, 3.8) is 0 Å². The van der Waals surface area contributed by atoms with Crippen LogP contribution in [0, 0.1) is 6.92 Å². The smallest absolute Gasteiger partial charge is 0.269 e. The molecule has 2 amide bonds. The van der Waals surface area contributed by atoms with Gasteiger partial charge < -0.3 is 15.4 Å². The van der Waals surface area contributed by atoms with Gasteiger partial charge >= 0.3 is 0 Å². The molecule has 142 valence electrons. The summed E-state index contributed by atoms with van der Waals surface area (Å²) in [5, 5.41) is 5.80. The number of carbonyl (C=O) groups excluding carboxylic acids is 2. The van der Waals surface area contributed by atoms with Crippen molar-refractivity contribution in [3.8, 4) is 0 Å². The van der Waals surface area contributed by atoms with Crippen molar-refractivity contribution in [2.24, 2.45) is 0 Å². The fourth-order valence-corrected chi connectivity index (χ4v) is 3.19. The molecule has 0 saturated carbocycles.